The monoisotopic (exact) mass is 248 g/mol. The Labute approximate surface area is 110 Å². The lowest BCUT2D eigenvalue weighted by Crippen LogP contribution is -2.37. The van der Waals surface area contributed by atoms with Crippen LogP contribution >= 0.6 is 0 Å². The van der Waals surface area contributed by atoms with E-state index in [9.17, 15) is 5.11 Å². The topological polar surface area (TPSA) is 26.7 Å². The first-order chi connectivity index (χ1) is 8.69. The normalized spacial score (nSPS) is 17.9. The minimum Gasteiger partial charge on any atom is -0.508 e. The summed E-state index contributed by atoms with van der Waals surface area (Å²) >= 11 is 0. The smallest absolute Gasteiger partial charge is 0.115 e. The molecule has 0 radical (unpaired) electrons. The lowest BCUT2D eigenvalue weighted by molar-refractivity contribution is 0.221. The largest absolute Gasteiger partial charge is 0.508 e. The van der Waals surface area contributed by atoms with Crippen LogP contribution in [0.25, 0.3) is 0 Å². The van der Waals surface area contributed by atoms with Gasteiger partial charge in [-0.05, 0) is 70.1 Å². The van der Waals surface area contributed by atoms with Gasteiger partial charge in [-0.2, -0.15) is 0 Å². The fourth-order valence-electron chi connectivity index (χ4n) is 2.64. The van der Waals surface area contributed by atoms with E-state index < -0.39 is 0 Å². The van der Waals surface area contributed by atoms with Gasteiger partial charge in [0, 0.05) is 18.8 Å². The van der Waals surface area contributed by atoms with Crippen molar-refractivity contribution < 1.29 is 5.11 Å². The third kappa shape index (κ3) is 3.39. The average molecular weight is 248 g/mol. The molecule has 1 fully saturated rings. The lowest BCUT2D eigenvalue weighted by Gasteiger charge is -2.33. The molecule has 18 heavy (non-hydrogen) atoms. The molecule has 100 valence electrons. The van der Waals surface area contributed by atoms with Crippen molar-refractivity contribution >= 4 is 5.69 Å². The fraction of sp³-hybridized carbons (Fsp3) is 0.600. The first-order valence-corrected chi connectivity index (χ1v) is 6.91. The first kappa shape index (κ1) is 13.2. The third-order valence-corrected chi connectivity index (χ3v) is 3.91. The second kappa shape index (κ2) is 6.10. The van der Waals surface area contributed by atoms with E-state index in [0.29, 0.717) is 5.75 Å². The summed E-state index contributed by atoms with van der Waals surface area (Å²) in [7, 11) is 2.20. The first-order valence-electron chi connectivity index (χ1n) is 6.91. The van der Waals surface area contributed by atoms with E-state index in [4.69, 9.17) is 0 Å². The van der Waals surface area contributed by atoms with E-state index >= 15 is 0 Å². The van der Waals surface area contributed by atoms with Crippen molar-refractivity contribution in [1.29, 1.82) is 0 Å². The summed E-state index contributed by atoms with van der Waals surface area (Å²) < 4.78 is 0. The highest BCUT2D eigenvalue weighted by molar-refractivity contribution is 5.48. The molecule has 0 atom stereocenters. The Morgan fingerprint density at radius 1 is 1.22 bits per heavy atom. The number of phenolic OH excluding ortho intramolecular Hbond substituents is 1. The summed E-state index contributed by atoms with van der Waals surface area (Å²) in [5, 5.41) is 9.34. The molecule has 0 bridgehead atoms. The Bertz CT molecular complexity index is 355. The molecule has 1 heterocycles. The molecule has 2 rings (SSSR count). The van der Waals surface area contributed by atoms with E-state index in [1.54, 1.807) is 12.1 Å². The quantitative estimate of drug-likeness (QED) is 0.887. The van der Waals surface area contributed by atoms with Crippen LogP contribution in [0.2, 0.25) is 0 Å². The Morgan fingerprint density at radius 3 is 2.39 bits per heavy atom. The van der Waals surface area contributed by atoms with Crippen LogP contribution in [0.5, 0.6) is 5.75 Å². The highest BCUT2D eigenvalue weighted by Gasteiger charge is 2.19. The van der Waals surface area contributed by atoms with Crippen LogP contribution in [0.3, 0.4) is 0 Å². The van der Waals surface area contributed by atoms with Crippen molar-refractivity contribution in [2.75, 3.05) is 38.1 Å². The van der Waals surface area contributed by atoms with Crippen LogP contribution in [-0.2, 0) is 0 Å². The number of phenols is 1. The van der Waals surface area contributed by atoms with Crippen LogP contribution in [-0.4, -0.2) is 43.2 Å². The Kier molecular flexibility index (Phi) is 4.48. The van der Waals surface area contributed by atoms with Crippen LogP contribution in [0.1, 0.15) is 19.8 Å². The molecule has 0 aromatic heterocycles. The van der Waals surface area contributed by atoms with E-state index in [0.717, 1.165) is 19.0 Å². The predicted octanol–water partition coefficient (Wildman–Crippen LogP) is 2.56. The van der Waals surface area contributed by atoms with Gasteiger partial charge in [0.2, 0.25) is 0 Å². The summed E-state index contributed by atoms with van der Waals surface area (Å²) in [5.74, 6) is 1.14. The van der Waals surface area contributed by atoms with E-state index in [2.05, 4.69) is 23.8 Å². The molecule has 3 heteroatoms. The van der Waals surface area contributed by atoms with Crippen LogP contribution in [0.4, 0.5) is 5.69 Å². The molecular formula is C15H24N2O. The zero-order valence-electron chi connectivity index (χ0n) is 11.5. The van der Waals surface area contributed by atoms with Gasteiger partial charge in [-0.1, -0.05) is 0 Å². The highest BCUT2D eigenvalue weighted by atomic mass is 16.3. The molecule has 0 spiro atoms. The van der Waals surface area contributed by atoms with Gasteiger partial charge in [-0.3, -0.25) is 0 Å². The third-order valence-electron chi connectivity index (χ3n) is 3.91. The number of anilines is 1. The van der Waals surface area contributed by atoms with E-state index in [-0.39, 0.29) is 0 Å². The minimum atomic E-state index is 0.342. The molecule has 1 aliphatic rings. The van der Waals surface area contributed by atoms with Gasteiger partial charge < -0.3 is 14.9 Å². The summed E-state index contributed by atoms with van der Waals surface area (Å²) in [5.41, 5.74) is 1.22. The maximum absolute atomic E-state index is 9.34. The van der Waals surface area contributed by atoms with Gasteiger partial charge in [0.05, 0.1) is 0 Å². The van der Waals surface area contributed by atoms with Crippen molar-refractivity contribution in [2.24, 2.45) is 5.92 Å². The lowest BCUT2D eigenvalue weighted by atomic mass is 9.96. The van der Waals surface area contributed by atoms with Gasteiger partial charge in [0.25, 0.3) is 0 Å². The van der Waals surface area contributed by atoms with Gasteiger partial charge in [-0.25, -0.2) is 0 Å². The van der Waals surface area contributed by atoms with Crippen molar-refractivity contribution in [2.45, 2.75) is 19.8 Å². The molecule has 1 N–H and O–H groups in total. The molecular weight excluding hydrogens is 224 g/mol. The standard InChI is InChI=1S/C15H24N2O/c1-3-17(14-4-6-15(18)7-5-14)12-13-8-10-16(2)11-9-13/h4-7,13,18H,3,8-12H2,1-2H3. The van der Waals surface area contributed by atoms with Gasteiger partial charge in [-0.15, -0.1) is 0 Å². The number of hydrogen-bond acceptors (Lipinski definition) is 3. The van der Waals surface area contributed by atoms with E-state index in [1.165, 1.54) is 31.6 Å². The molecule has 0 saturated carbocycles. The maximum Gasteiger partial charge on any atom is 0.115 e. The molecule has 0 amide bonds. The van der Waals surface area contributed by atoms with Gasteiger partial charge in [0.1, 0.15) is 5.75 Å². The second-order valence-electron chi connectivity index (χ2n) is 5.30. The van der Waals surface area contributed by atoms with Crippen molar-refractivity contribution in [3.8, 4) is 5.75 Å². The fourth-order valence-corrected chi connectivity index (χ4v) is 2.64. The Balaban J connectivity index is 1.94. The maximum atomic E-state index is 9.34. The number of aromatic hydroxyl groups is 1. The summed E-state index contributed by atoms with van der Waals surface area (Å²) in [4.78, 5) is 4.82. The van der Waals surface area contributed by atoms with Crippen molar-refractivity contribution in [3.05, 3.63) is 24.3 Å². The number of hydrogen-bond donors (Lipinski definition) is 1. The van der Waals surface area contributed by atoms with E-state index in [1.807, 2.05) is 12.1 Å². The van der Waals surface area contributed by atoms with Crippen LogP contribution in [0.15, 0.2) is 24.3 Å². The zero-order chi connectivity index (χ0) is 13.0. The molecule has 1 aromatic carbocycles. The predicted molar refractivity (Wildman–Crippen MR) is 76.2 cm³/mol. The number of likely N-dealkylation sites (tertiary alicyclic amines) is 1. The average Bonchev–Trinajstić information content (AvgIpc) is 2.39. The second-order valence-corrected chi connectivity index (χ2v) is 5.30. The van der Waals surface area contributed by atoms with Crippen LogP contribution in [0, 0.1) is 5.92 Å². The van der Waals surface area contributed by atoms with Crippen molar-refractivity contribution in [3.63, 3.8) is 0 Å². The Morgan fingerprint density at radius 2 is 1.83 bits per heavy atom. The molecule has 3 nitrogen and oxygen atoms in total. The zero-order valence-corrected chi connectivity index (χ0v) is 11.5. The molecule has 1 saturated heterocycles. The number of rotatable bonds is 4. The minimum absolute atomic E-state index is 0.342. The molecule has 1 aromatic rings. The van der Waals surface area contributed by atoms with Crippen LogP contribution < -0.4 is 4.90 Å². The highest BCUT2D eigenvalue weighted by Crippen LogP contribution is 2.23. The number of nitrogens with zero attached hydrogens (tertiary/aromatic N) is 2. The number of benzene rings is 1. The summed E-state index contributed by atoms with van der Waals surface area (Å²) in [6.45, 7) is 6.80. The molecule has 0 unspecified atom stereocenters. The Hall–Kier alpha value is -1.22. The van der Waals surface area contributed by atoms with Gasteiger partial charge >= 0.3 is 0 Å². The molecule has 1 aliphatic heterocycles. The SMILES string of the molecule is CCN(CC1CCN(C)CC1)c1ccc(O)cc1. The molecule has 0 aliphatic carbocycles. The van der Waals surface area contributed by atoms with Gasteiger partial charge in [0.15, 0.2) is 0 Å². The summed E-state index contributed by atoms with van der Waals surface area (Å²) in [6, 6.07) is 7.56. The van der Waals surface area contributed by atoms with Crippen molar-refractivity contribution in [1.82, 2.24) is 4.90 Å². The summed E-state index contributed by atoms with van der Waals surface area (Å²) in [6.07, 6.45) is 2.59. The number of piperidine rings is 1.